The summed E-state index contributed by atoms with van der Waals surface area (Å²) in [7, 11) is 3.39. The number of rotatable bonds is 14. The number of hydrogen-bond donors (Lipinski definition) is 1. The first-order valence-electron chi connectivity index (χ1n) is 11.5. The second kappa shape index (κ2) is 16.0. The Morgan fingerprint density at radius 2 is 2.09 bits per heavy atom. The maximum absolute atomic E-state index is 5.71. The lowest BCUT2D eigenvalue weighted by Gasteiger charge is -2.16. The minimum atomic E-state index is 0.370. The van der Waals surface area contributed by atoms with Gasteiger partial charge in [0.2, 0.25) is 0 Å². The molecule has 0 amide bonds. The number of nitrogens with one attached hydrogen (secondary N) is 1. The van der Waals surface area contributed by atoms with E-state index in [9.17, 15) is 0 Å². The van der Waals surface area contributed by atoms with Gasteiger partial charge in [0.1, 0.15) is 11.4 Å². The molecule has 0 aliphatic carbocycles. The minimum absolute atomic E-state index is 0.370. The quantitative estimate of drug-likeness (QED) is 0.106. The molecule has 0 radical (unpaired) electrons. The Kier molecular flexibility index (Phi) is 13.0. The molecule has 1 unspecified atom stereocenters. The summed E-state index contributed by atoms with van der Waals surface area (Å²) in [6, 6.07) is 14.4. The van der Waals surface area contributed by atoms with Crippen LogP contribution in [-0.4, -0.2) is 36.1 Å². The zero-order valence-electron chi connectivity index (χ0n) is 20.4. The van der Waals surface area contributed by atoms with E-state index in [0.717, 1.165) is 58.5 Å². The van der Waals surface area contributed by atoms with Crippen LogP contribution >= 0.6 is 24.0 Å². The van der Waals surface area contributed by atoms with Gasteiger partial charge in [-0.3, -0.25) is 4.99 Å². The van der Waals surface area contributed by atoms with Crippen LogP contribution in [0.2, 0.25) is 0 Å². The topological polar surface area (TPSA) is 46.5 Å². The van der Waals surface area contributed by atoms with Gasteiger partial charge in [-0.05, 0) is 49.8 Å². The number of methoxy groups -OCH3 is 1. The van der Waals surface area contributed by atoms with Crippen LogP contribution in [0.4, 0.5) is 0 Å². The normalized spacial score (nSPS) is 12.0. The first kappa shape index (κ1) is 27.6. The minimum Gasteiger partial charge on any atom is -0.495 e. The molecular weight excluding hydrogens is 458 g/mol. The second-order valence-corrected chi connectivity index (χ2v) is 9.64. The van der Waals surface area contributed by atoms with Gasteiger partial charge in [-0.1, -0.05) is 61.3 Å². The molecule has 0 spiro atoms. The molecule has 1 aromatic heterocycles. The summed E-state index contributed by atoms with van der Waals surface area (Å²) >= 11 is 7.50. The van der Waals surface area contributed by atoms with Gasteiger partial charge in [0.25, 0.3) is 0 Å². The molecule has 0 saturated carbocycles. The van der Waals surface area contributed by atoms with Gasteiger partial charge in [-0.25, -0.2) is 4.98 Å². The Hall–Kier alpha value is -2.66. The number of hydrogen-bond acceptors (Lipinski definition) is 5. The maximum Gasteiger partial charge on any atom is 0.142 e. The summed E-state index contributed by atoms with van der Waals surface area (Å²) in [6.45, 7) is 6.26. The Morgan fingerprint density at radius 3 is 2.79 bits per heavy atom. The maximum atomic E-state index is 5.71. The van der Waals surface area contributed by atoms with Crippen LogP contribution in [0.5, 0.6) is 5.75 Å². The number of aromatic nitrogens is 1. The number of allylic oxidation sites excluding steroid dienone is 3. The van der Waals surface area contributed by atoms with E-state index in [2.05, 4.69) is 70.1 Å². The van der Waals surface area contributed by atoms with E-state index in [0.29, 0.717) is 12.5 Å². The van der Waals surface area contributed by atoms with Crippen molar-refractivity contribution in [2.24, 2.45) is 10.9 Å². The Labute approximate surface area is 214 Å². The summed E-state index contributed by atoms with van der Waals surface area (Å²) in [5.74, 6) is 2.14. The van der Waals surface area contributed by atoms with E-state index in [4.69, 9.17) is 17.0 Å². The summed E-state index contributed by atoms with van der Waals surface area (Å²) in [5.41, 5.74) is 5.91. The Morgan fingerprint density at radius 1 is 1.29 bits per heavy atom. The van der Waals surface area contributed by atoms with Crippen molar-refractivity contribution in [3.8, 4) is 5.75 Å². The molecule has 0 saturated heterocycles. The molecule has 0 aliphatic heterocycles. The van der Waals surface area contributed by atoms with Crippen molar-refractivity contribution in [3.05, 3.63) is 88.8 Å². The van der Waals surface area contributed by atoms with Crippen LogP contribution in [0.25, 0.3) is 0 Å². The summed E-state index contributed by atoms with van der Waals surface area (Å²) in [4.78, 5) is 10.6. The van der Waals surface area contributed by atoms with Crippen molar-refractivity contribution in [2.45, 2.75) is 39.2 Å². The predicted molar refractivity (Wildman–Crippen MR) is 151 cm³/mol. The van der Waals surface area contributed by atoms with Crippen LogP contribution in [-0.2, 0) is 13.0 Å². The lowest BCUT2D eigenvalue weighted by atomic mass is 9.95. The number of benzene rings is 1. The smallest absolute Gasteiger partial charge is 0.142 e. The first-order chi connectivity index (χ1) is 16.5. The van der Waals surface area contributed by atoms with Gasteiger partial charge in [-0.15, -0.1) is 17.5 Å². The van der Waals surface area contributed by atoms with Gasteiger partial charge in [-0.2, -0.15) is 0 Å². The highest BCUT2D eigenvalue weighted by Gasteiger charge is 2.11. The third-order valence-corrected chi connectivity index (χ3v) is 6.57. The first-order valence-corrected chi connectivity index (χ1v) is 12.9. The van der Waals surface area contributed by atoms with Gasteiger partial charge in [0.05, 0.1) is 24.3 Å². The molecule has 1 atom stereocenters. The van der Waals surface area contributed by atoms with Crippen LogP contribution in [0, 0.1) is 5.92 Å². The Bertz CT molecular complexity index is 1010. The van der Waals surface area contributed by atoms with Crippen molar-refractivity contribution in [3.63, 3.8) is 0 Å². The molecule has 1 aromatic carbocycles. The molecule has 1 N–H and O–H groups in total. The monoisotopic (exact) mass is 493 g/mol. The average molecular weight is 494 g/mol. The molecule has 2 aromatic rings. The van der Waals surface area contributed by atoms with E-state index in [1.807, 2.05) is 19.1 Å². The van der Waals surface area contributed by atoms with Crippen LogP contribution in [0.1, 0.15) is 43.1 Å². The largest absolute Gasteiger partial charge is 0.495 e. The summed E-state index contributed by atoms with van der Waals surface area (Å²) in [6.07, 6.45) is 10.2. The highest BCUT2D eigenvalue weighted by atomic mass is 32.2. The van der Waals surface area contributed by atoms with E-state index in [1.54, 1.807) is 32.1 Å². The fourth-order valence-electron chi connectivity index (χ4n) is 3.40. The molecular formula is C28H35N3OS2. The number of aliphatic imine (C=N–C) groups is 1. The van der Waals surface area contributed by atoms with Gasteiger partial charge in [0, 0.05) is 30.3 Å². The van der Waals surface area contributed by atoms with Crippen molar-refractivity contribution in [1.82, 2.24) is 10.3 Å². The third kappa shape index (κ3) is 10.5. The number of aryl methyl sites for hydroxylation is 1. The highest BCUT2D eigenvalue weighted by Crippen LogP contribution is 2.19. The van der Waals surface area contributed by atoms with Gasteiger partial charge < -0.3 is 10.1 Å². The molecule has 6 heteroatoms. The van der Waals surface area contributed by atoms with E-state index < -0.39 is 0 Å². The molecule has 180 valence electrons. The zero-order chi connectivity index (χ0) is 24.6. The fourth-order valence-corrected chi connectivity index (χ4v) is 4.35. The van der Waals surface area contributed by atoms with Gasteiger partial charge in [0.15, 0.2) is 0 Å². The van der Waals surface area contributed by atoms with Crippen LogP contribution in [0.3, 0.4) is 0 Å². The SMILES string of the molecule is C=C=C(C)SCC/C=C/C(CCc1ccccc1)CC(=S)NCc1nc(C=NC)ccc1OC. The highest BCUT2D eigenvalue weighted by molar-refractivity contribution is 8.03. The number of thiocarbonyl (C=S) groups is 1. The third-order valence-electron chi connectivity index (χ3n) is 5.24. The molecule has 2 rings (SSSR count). The van der Waals surface area contributed by atoms with Crippen LogP contribution in [0.15, 0.2) is 76.8 Å². The molecule has 0 bridgehead atoms. The molecule has 4 nitrogen and oxygen atoms in total. The van der Waals surface area contributed by atoms with E-state index in [-0.39, 0.29) is 0 Å². The second-order valence-electron chi connectivity index (χ2n) is 7.84. The predicted octanol–water partition coefficient (Wildman–Crippen LogP) is 6.56. The van der Waals surface area contributed by atoms with Crippen molar-refractivity contribution >= 4 is 35.2 Å². The molecule has 0 fully saturated rings. The summed E-state index contributed by atoms with van der Waals surface area (Å²) in [5, 5.41) is 3.38. The lowest BCUT2D eigenvalue weighted by Crippen LogP contribution is -2.24. The van der Waals surface area contributed by atoms with Gasteiger partial charge >= 0.3 is 0 Å². The van der Waals surface area contributed by atoms with Crippen molar-refractivity contribution < 1.29 is 4.74 Å². The standard InChI is InChI=1S/C28H35N3OS2/c1-5-22(2)34-18-10-9-13-24(15-14-23-11-7-6-8-12-23)19-28(33)30-21-26-27(32-4)17-16-25(31-26)20-29-3/h6-9,11-13,16-17,20,24H,1,10,14-15,18-19,21H2,2-4H3,(H,30,33)/b13-9+,29-20?. The lowest BCUT2D eigenvalue weighted by molar-refractivity contribution is 0.406. The van der Waals surface area contributed by atoms with Crippen LogP contribution < -0.4 is 10.1 Å². The van der Waals surface area contributed by atoms with E-state index in [1.165, 1.54) is 5.56 Å². The van der Waals surface area contributed by atoms with E-state index >= 15 is 0 Å². The molecule has 34 heavy (non-hydrogen) atoms. The number of ether oxygens (including phenoxy) is 1. The Balaban J connectivity index is 1.97. The average Bonchev–Trinajstić information content (AvgIpc) is 2.86. The van der Waals surface area contributed by atoms with Crippen molar-refractivity contribution in [2.75, 3.05) is 19.9 Å². The fraction of sp³-hybridized carbons (Fsp3) is 0.357. The number of nitrogens with zero attached hydrogens (tertiary/aromatic N) is 2. The summed E-state index contributed by atoms with van der Waals surface area (Å²) < 4.78 is 5.47. The number of thioether (sulfide) groups is 1. The van der Waals surface area contributed by atoms with Crippen molar-refractivity contribution in [1.29, 1.82) is 0 Å². The molecule has 0 aliphatic rings. The molecule has 1 heterocycles. The number of pyridine rings is 1. The zero-order valence-corrected chi connectivity index (χ0v) is 22.1.